The fourth-order valence-corrected chi connectivity index (χ4v) is 2.40. The minimum atomic E-state index is -0.264. The zero-order chi connectivity index (χ0) is 17.6. The Hall–Kier alpha value is -3.21. The van der Waals surface area contributed by atoms with E-state index in [-0.39, 0.29) is 5.91 Å². The first-order valence-corrected chi connectivity index (χ1v) is 8.21. The van der Waals surface area contributed by atoms with Gasteiger partial charge in [0.05, 0.1) is 0 Å². The Bertz CT molecular complexity index is 875. The Morgan fingerprint density at radius 1 is 1.04 bits per heavy atom. The van der Waals surface area contributed by atoms with Crippen molar-refractivity contribution < 1.29 is 4.79 Å². The van der Waals surface area contributed by atoms with Crippen LogP contribution < -0.4 is 10.6 Å². The van der Waals surface area contributed by atoms with Gasteiger partial charge in [-0.1, -0.05) is 37.3 Å². The second-order valence-electron chi connectivity index (χ2n) is 5.71. The van der Waals surface area contributed by atoms with Gasteiger partial charge in [-0.2, -0.15) is 0 Å². The molecule has 3 rings (SSSR count). The van der Waals surface area contributed by atoms with Gasteiger partial charge in [0.15, 0.2) is 0 Å². The van der Waals surface area contributed by atoms with E-state index in [2.05, 4.69) is 27.5 Å². The Kier molecular flexibility index (Phi) is 5.04. The Labute approximate surface area is 147 Å². The number of hydrogen-bond acceptors (Lipinski definition) is 4. The van der Waals surface area contributed by atoms with Crippen LogP contribution in [0.4, 0.5) is 17.3 Å². The van der Waals surface area contributed by atoms with Gasteiger partial charge in [0, 0.05) is 17.6 Å². The van der Waals surface area contributed by atoms with Gasteiger partial charge < -0.3 is 10.6 Å². The van der Waals surface area contributed by atoms with Gasteiger partial charge in [-0.25, -0.2) is 9.97 Å². The molecule has 0 unspecified atom stereocenters. The molecule has 1 amide bonds. The molecule has 1 heterocycles. The predicted octanol–water partition coefficient (Wildman–Crippen LogP) is 4.34. The first kappa shape index (κ1) is 16.6. The van der Waals surface area contributed by atoms with Crippen LogP contribution >= 0.6 is 0 Å². The van der Waals surface area contributed by atoms with E-state index in [9.17, 15) is 4.79 Å². The molecule has 0 saturated carbocycles. The summed E-state index contributed by atoms with van der Waals surface area (Å²) >= 11 is 0. The monoisotopic (exact) mass is 332 g/mol. The van der Waals surface area contributed by atoms with E-state index in [4.69, 9.17) is 0 Å². The molecule has 3 aromatic rings. The van der Waals surface area contributed by atoms with Crippen LogP contribution in [-0.2, 0) is 6.42 Å². The van der Waals surface area contributed by atoms with Gasteiger partial charge in [0.25, 0.3) is 5.91 Å². The number of carbonyl (C=O) groups excluding carboxylic acids is 1. The van der Waals surface area contributed by atoms with E-state index in [0.717, 1.165) is 23.4 Å². The lowest BCUT2D eigenvalue weighted by atomic mass is 10.1. The zero-order valence-corrected chi connectivity index (χ0v) is 14.3. The van der Waals surface area contributed by atoms with E-state index in [0.29, 0.717) is 11.6 Å². The lowest BCUT2D eigenvalue weighted by Crippen LogP contribution is -2.14. The number of anilines is 3. The van der Waals surface area contributed by atoms with Crippen LogP contribution in [0.3, 0.4) is 0 Å². The minimum Gasteiger partial charge on any atom is -0.324 e. The third-order valence-corrected chi connectivity index (χ3v) is 3.90. The highest BCUT2D eigenvalue weighted by Crippen LogP contribution is 2.17. The summed E-state index contributed by atoms with van der Waals surface area (Å²) in [7, 11) is 0. The number of carbonyl (C=O) groups is 1. The molecular formula is C20H20N4O. The van der Waals surface area contributed by atoms with Crippen molar-refractivity contribution in [3.8, 4) is 0 Å². The molecule has 0 spiro atoms. The number of hydrogen-bond donors (Lipinski definition) is 2. The third-order valence-electron chi connectivity index (χ3n) is 3.90. The van der Waals surface area contributed by atoms with Gasteiger partial charge in [0.2, 0.25) is 5.95 Å². The maximum atomic E-state index is 12.4. The van der Waals surface area contributed by atoms with Gasteiger partial charge in [-0.15, -0.1) is 0 Å². The van der Waals surface area contributed by atoms with E-state index in [1.54, 1.807) is 12.3 Å². The SMILES string of the molecule is CCc1ccc(NC(=O)c2ccnc(Nc3ccccc3C)n2)cc1. The second-order valence-corrected chi connectivity index (χ2v) is 5.71. The van der Waals surface area contributed by atoms with Crippen molar-refractivity contribution in [2.75, 3.05) is 10.6 Å². The topological polar surface area (TPSA) is 66.9 Å². The Balaban J connectivity index is 1.74. The lowest BCUT2D eigenvalue weighted by Gasteiger charge is -2.09. The van der Waals surface area contributed by atoms with E-state index in [1.807, 2.05) is 55.5 Å². The van der Waals surface area contributed by atoms with E-state index >= 15 is 0 Å². The molecule has 5 heteroatoms. The molecule has 0 aliphatic carbocycles. The number of para-hydroxylation sites is 1. The minimum absolute atomic E-state index is 0.264. The molecule has 0 radical (unpaired) electrons. The highest BCUT2D eigenvalue weighted by molar-refractivity contribution is 6.03. The average molecular weight is 332 g/mol. The number of aromatic nitrogens is 2. The molecular weight excluding hydrogens is 312 g/mol. The van der Waals surface area contributed by atoms with Gasteiger partial charge in [0.1, 0.15) is 5.69 Å². The molecule has 0 aliphatic rings. The van der Waals surface area contributed by atoms with Crippen LogP contribution in [0.15, 0.2) is 60.8 Å². The maximum Gasteiger partial charge on any atom is 0.274 e. The van der Waals surface area contributed by atoms with Crippen molar-refractivity contribution in [2.24, 2.45) is 0 Å². The second kappa shape index (κ2) is 7.57. The summed E-state index contributed by atoms with van der Waals surface area (Å²) in [6.07, 6.45) is 2.54. The Morgan fingerprint density at radius 2 is 1.80 bits per heavy atom. The standard InChI is InChI=1S/C20H20N4O/c1-3-15-8-10-16(11-9-15)22-19(25)18-12-13-21-20(24-18)23-17-7-5-4-6-14(17)2/h4-13H,3H2,1-2H3,(H,22,25)(H,21,23,24). The molecule has 5 nitrogen and oxygen atoms in total. The van der Waals surface area contributed by atoms with E-state index < -0.39 is 0 Å². The number of rotatable bonds is 5. The zero-order valence-electron chi connectivity index (χ0n) is 14.3. The van der Waals surface area contributed by atoms with Crippen LogP contribution in [0.5, 0.6) is 0 Å². The van der Waals surface area contributed by atoms with Crippen molar-refractivity contribution in [3.63, 3.8) is 0 Å². The van der Waals surface area contributed by atoms with Gasteiger partial charge in [-0.3, -0.25) is 4.79 Å². The molecule has 0 bridgehead atoms. The fourth-order valence-electron chi connectivity index (χ4n) is 2.40. The van der Waals surface area contributed by atoms with Gasteiger partial charge in [-0.05, 0) is 48.7 Å². The van der Waals surface area contributed by atoms with Crippen LogP contribution in [0, 0.1) is 6.92 Å². The summed E-state index contributed by atoms with van der Waals surface area (Å²) in [5, 5.41) is 6.00. The summed E-state index contributed by atoms with van der Waals surface area (Å²) in [5.41, 5.74) is 4.27. The van der Waals surface area contributed by atoms with Crippen molar-refractivity contribution in [2.45, 2.75) is 20.3 Å². The lowest BCUT2D eigenvalue weighted by molar-refractivity contribution is 0.102. The van der Waals surface area contributed by atoms with Crippen LogP contribution in [0.1, 0.15) is 28.5 Å². The van der Waals surface area contributed by atoms with Crippen molar-refractivity contribution in [1.82, 2.24) is 9.97 Å². The maximum absolute atomic E-state index is 12.4. The third kappa shape index (κ3) is 4.20. The predicted molar refractivity (Wildman–Crippen MR) is 100 cm³/mol. The summed E-state index contributed by atoms with van der Waals surface area (Å²) in [4.78, 5) is 20.9. The molecule has 1 aromatic heterocycles. The number of aryl methyl sites for hydroxylation is 2. The number of amides is 1. The summed E-state index contributed by atoms with van der Waals surface area (Å²) < 4.78 is 0. The van der Waals surface area contributed by atoms with Gasteiger partial charge >= 0.3 is 0 Å². The fraction of sp³-hybridized carbons (Fsp3) is 0.150. The van der Waals surface area contributed by atoms with E-state index in [1.165, 1.54) is 5.56 Å². The molecule has 25 heavy (non-hydrogen) atoms. The molecule has 0 aliphatic heterocycles. The largest absolute Gasteiger partial charge is 0.324 e. The summed E-state index contributed by atoms with van der Waals surface area (Å²) in [6.45, 7) is 4.09. The molecule has 0 saturated heterocycles. The number of benzene rings is 2. The molecule has 2 N–H and O–H groups in total. The first-order valence-electron chi connectivity index (χ1n) is 8.21. The molecule has 2 aromatic carbocycles. The summed E-state index contributed by atoms with van der Waals surface area (Å²) in [5.74, 6) is 0.128. The highest BCUT2D eigenvalue weighted by Gasteiger charge is 2.10. The smallest absolute Gasteiger partial charge is 0.274 e. The molecule has 126 valence electrons. The van der Waals surface area contributed by atoms with Crippen LogP contribution in [0.25, 0.3) is 0 Å². The quantitative estimate of drug-likeness (QED) is 0.729. The van der Waals surface area contributed by atoms with Crippen molar-refractivity contribution in [1.29, 1.82) is 0 Å². The molecule has 0 atom stereocenters. The summed E-state index contributed by atoms with van der Waals surface area (Å²) in [6, 6.07) is 17.2. The van der Waals surface area contributed by atoms with Crippen molar-refractivity contribution in [3.05, 3.63) is 77.6 Å². The van der Waals surface area contributed by atoms with Crippen LogP contribution in [-0.4, -0.2) is 15.9 Å². The first-order chi connectivity index (χ1) is 12.2. The van der Waals surface area contributed by atoms with Crippen molar-refractivity contribution >= 4 is 23.2 Å². The average Bonchev–Trinajstić information content (AvgIpc) is 2.64. The molecule has 0 fully saturated rings. The normalized spacial score (nSPS) is 10.3. The number of nitrogens with one attached hydrogen (secondary N) is 2. The van der Waals surface area contributed by atoms with Crippen LogP contribution in [0.2, 0.25) is 0 Å². The number of nitrogens with zero attached hydrogens (tertiary/aromatic N) is 2. The highest BCUT2D eigenvalue weighted by atomic mass is 16.1. The Morgan fingerprint density at radius 3 is 2.52 bits per heavy atom.